The fraction of sp³-hybridized carbons (Fsp3) is 0.250. The number of pyridine rings is 1. The molecular formula is C16H16FN3O. The maximum absolute atomic E-state index is 13.9. The van der Waals surface area contributed by atoms with Gasteiger partial charge in [0.05, 0.1) is 17.8 Å². The standard InChI is InChI=1S/C16H16FN3O/c17-15-7-4-11(18)9-14(15)16(21)20(13-5-6-13)10-12-3-1-2-8-19-12/h1-4,7-9,13H,5-6,10,18H2. The summed E-state index contributed by atoms with van der Waals surface area (Å²) in [5, 5.41) is 0. The Kier molecular flexibility index (Phi) is 3.56. The number of halogens is 1. The van der Waals surface area contributed by atoms with E-state index in [-0.39, 0.29) is 17.5 Å². The van der Waals surface area contributed by atoms with Gasteiger partial charge in [-0.2, -0.15) is 0 Å². The molecule has 0 radical (unpaired) electrons. The Morgan fingerprint density at radius 2 is 2.14 bits per heavy atom. The zero-order valence-electron chi connectivity index (χ0n) is 11.5. The number of hydrogen-bond acceptors (Lipinski definition) is 3. The van der Waals surface area contributed by atoms with Gasteiger partial charge >= 0.3 is 0 Å². The number of carbonyl (C=O) groups is 1. The Morgan fingerprint density at radius 3 is 2.81 bits per heavy atom. The van der Waals surface area contributed by atoms with Crippen molar-refractivity contribution in [2.45, 2.75) is 25.4 Å². The predicted molar refractivity (Wildman–Crippen MR) is 77.9 cm³/mol. The van der Waals surface area contributed by atoms with Crippen molar-refractivity contribution in [3.8, 4) is 0 Å². The van der Waals surface area contributed by atoms with Crippen molar-refractivity contribution in [2.24, 2.45) is 0 Å². The highest BCUT2D eigenvalue weighted by atomic mass is 19.1. The monoisotopic (exact) mass is 285 g/mol. The number of nitrogens with two attached hydrogens (primary N) is 1. The second kappa shape index (κ2) is 5.52. The molecule has 4 nitrogen and oxygen atoms in total. The summed E-state index contributed by atoms with van der Waals surface area (Å²) in [6.07, 6.45) is 3.58. The Labute approximate surface area is 122 Å². The van der Waals surface area contributed by atoms with Crippen LogP contribution >= 0.6 is 0 Å². The molecule has 0 saturated heterocycles. The van der Waals surface area contributed by atoms with Gasteiger partial charge < -0.3 is 10.6 Å². The van der Waals surface area contributed by atoms with Crippen molar-refractivity contribution in [3.63, 3.8) is 0 Å². The molecule has 1 aliphatic carbocycles. The van der Waals surface area contributed by atoms with Crippen LogP contribution in [0.4, 0.5) is 10.1 Å². The molecule has 0 spiro atoms. The van der Waals surface area contributed by atoms with Gasteiger partial charge in [0, 0.05) is 17.9 Å². The van der Waals surface area contributed by atoms with E-state index in [1.54, 1.807) is 11.1 Å². The van der Waals surface area contributed by atoms with E-state index < -0.39 is 5.82 Å². The molecule has 2 aromatic rings. The highest BCUT2D eigenvalue weighted by Crippen LogP contribution is 2.30. The van der Waals surface area contributed by atoms with Crippen molar-refractivity contribution >= 4 is 11.6 Å². The first-order valence-corrected chi connectivity index (χ1v) is 6.91. The van der Waals surface area contributed by atoms with Crippen molar-refractivity contribution in [1.29, 1.82) is 0 Å². The zero-order chi connectivity index (χ0) is 14.8. The van der Waals surface area contributed by atoms with Gasteiger partial charge in [0.15, 0.2) is 0 Å². The minimum atomic E-state index is -0.541. The zero-order valence-corrected chi connectivity index (χ0v) is 11.5. The molecule has 2 N–H and O–H groups in total. The Hall–Kier alpha value is -2.43. The number of benzene rings is 1. The van der Waals surface area contributed by atoms with Crippen molar-refractivity contribution in [1.82, 2.24) is 9.88 Å². The molecule has 1 aliphatic rings. The molecule has 0 unspecified atom stereocenters. The number of nitrogens with zero attached hydrogens (tertiary/aromatic N) is 2. The van der Waals surface area contributed by atoms with Gasteiger partial charge in [0.1, 0.15) is 5.82 Å². The molecule has 3 rings (SSSR count). The molecule has 108 valence electrons. The van der Waals surface area contributed by atoms with Gasteiger partial charge in [-0.25, -0.2) is 4.39 Å². The lowest BCUT2D eigenvalue weighted by molar-refractivity contribution is 0.0723. The molecule has 21 heavy (non-hydrogen) atoms. The van der Waals surface area contributed by atoms with Gasteiger partial charge in [-0.15, -0.1) is 0 Å². The van der Waals surface area contributed by atoms with Crippen LogP contribution in [0.5, 0.6) is 0 Å². The van der Waals surface area contributed by atoms with Crippen LogP contribution in [0.25, 0.3) is 0 Å². The number of amides is 1. The lowest BCUT2D eigenvalue weighted by Gasteiger charge is -2.22. The minimum Gasteiger partial charge on any atom is -0.399 e. The summed E-state index contributed by atoms with van der Waals surface area (Å²) in [6, 6.07) is 9.80. The summed E-state index contributed by atoms with van der Waals surface area (Å²) in [5.41, 5.74) is 6.86. The summed E-state index contributed by atoms with van der Waals surface area (Å²) < 4.78 is 13.9. The molecule has 1 heterocycles. The maximum atomic E-state index is 13.9. The van der Waals surface area contributed by atoms with E-state index in [1.807, 2.05) is 18.2 Å². The smallest absolute Gasteiger partial charge is 0.257 e. The average molecular weight is 285 g/mol. The normalized spacial score (nSPS) is 14.0. The maximum Gasteiger partial charge on any atom is 0.257 e. The largest absolute Gasteiger partial charge is 0.399 e. The van der Waals surface area contributed by atoms with Crippen LogP contribution in [0.1, 0.15) is 28.9 Å². The van der Waals surface area contributed by atoms with Crippen molar-refractivity contribution < 1.29 is 9.18 Å². The first kappa shape index (κ1) is 13.5. The van der Waals surface area contributed by atoms with E-state index in [0.717, 1.165) is 18.5 Å². The quantitative estimate of drug-likeness (QED) is 0.878. The molecule has 1 fully saturated rings. The fourth-order valence-corrected chi connectivity index (χ4v) is 2.28. The van der Waals surface area contributed by atoms with Crippen LogP contribution in [-0.2, 0) is 6.54 Å². The molecule has 1 saturated carbocycles. The van der Waals surface area contributed by atoms with E-state index in [9.17, 15) is 9.18 Å². The van der Waals surface area contributed by atoms with E-state index >= 15 is 0 Å². The highest BCUT2D eigenvalue weighted by molar-refractivity contribution is 5.95. The molecule has 1 amide bonds. The van der Waals surface area contributed by atoms with Gasteiger partial charge in [-0.3, -0.25) is 9.78 Å². The topological polar surface area (TPSA) is 59.2 Å². The first-order valence-electron chi connectivity index (χ1n) is 6.91. The van der Waals surface area contributed by atoms with E-state index in [0.29, 0.717) is 12.2 Å². The first-order chi connectivity index (χ1) is 10.1. The predicted octanol–water partition coefficient (Wildman–Crippen LogP) is 2.61. The van der Waals surface area contributed by atoms with Crippen LogP contribution in [0, 0.1) is 5.82 Å². The Bertz CT molecular complexity index is 656. The second-order valence-electron chi connectivity index (χ2n) is 5.22. The second-order valence-corrected chi connectivity index (χ2v) is 5.22. The van der Waals surface area contributed by atoms with E-state index in [2.05, 4.69) is 4.98 Å². The van der Waals surface area contributed by atoms with E-state index in [1.165, 1.54) is 18.2 Å². The molecule has 0 atom stereocenters. The third-order valence-corrected chi connectivity index (χ3v) is 3.53. The molecule has 0 bridgehead atoms. The SMILES string of the molecule is Nc1ccc(F)c(C(=O)N(Cc2ccccn2)C2CC2)c1. The van der Waals surface area contributed by atoms with Gasteiger partial charge in [-0.1, -0.05) is 6.07 Å². The molecule has 1 aromatic heterocycles. The van der Waals surface area contributed by atoms with Gasteiger partial charge in [-0.05, 0) is 43.2 Å². The number of nitrogen functional groups attached to an aromatic ring is 1. The molecule has 5 heteroatoms. The number of aromatic nitrogens is 1. The summed E-state index contributed by atoms with van der Waals surface area (Å²) >= 11 is 0. The minimum absolute atomic E-state index is 0.0258. The number of hydrogen-bond donors (Lipinski definition) is 1. The lowest BCUT2D eigenvalue weighted by atomic mass is 10.1. The van der Waals surface area contributed by atoms with Crippen LogP contribution < -0.4 is 5.73 Å². The van der Waals surface area contributed by atoms with Crippen LogP contribution in [0.15, 0.2) is 42.6 Å². The fourth-order valence-electron chi connectivity index (χ4n) is 2.28. The molecule has 1 aromatic carbocycles. The van der Waals surface area contributed by atoms with Crippen LogP contribution in [0.3, 0.4) is 0 Å². The van der Waals surface area contributed by atoms with E-state index in [4.69, 9.17) is 5.73 Å². The van der Waals surface area contributed by atoms with Crippen LogP contribution in [0.2, 0.25) is 0 Å². The summed E-state index contributed by atoms with van der Waals surface area (Å²) in [4.78, 5) is 18.5. The number of carbonyl (C=O) groups excluding carboxylic acids is 1. The number of anilines is 1. The van der Waals surface area contributed by atoms with Crippen molar-refractivity contribution in [2.75, 3.05) is 5.73 Å². The lowest BCUT2D eigenvalue weighted by Crippen LogP contribution is -2.33. The number of rotatable bonds is 4. The highest BCUT2D eigenvalue weighted by Gasteiger charge is 2.34. The average Bonchev–Trinajstić information content (AvgIpc) is 3.32. The Morgan fingerprint density at radius 1 is 1.33 bits per heavy atom. The Balaban J connectivity index is 1.87. The summed E-state index contributed by atoms with van der Waals surface area (Å²) in [7, 11) is 0. The summed E-state index contributed by atoms with van der Waals surface area (Å²) in [6.45, 7) is 0.387. The third-order valence-electron chi connectivity index (χ3n) is 3.53. The molecule has 0 aliphatic heterocycles. The van der Waals surface area contributed by atoms with Crippen molar-refractivity contribution in [3.05, 3.63) is 59.7 Å². The third kappa shape index (κ3) is 3.02. The van der Waals surface area contributed by atoms with Gasteiger partial charge in [0.2, 0.25) is 0 Å². The summed E-state index contributed by atoms with van der Waals surface area (Å²) in [5.74, 6) is -0.867. The van der Waals surface area contributed by atoms with Gasteiger partial charge in [0.25, 0.3) is 5.91 Å². The molecular weight excluding hydrogens is 269 g/mol. The van der Waals surface area contributed by atoms with Crippen LogP contribution in [-0.4, -0.2) is 21.8 Å².